The van der Waals surface area contributed by atoms with E-state index in [0.717, 1.165) is 6.07 Å². The minimum absolute atomic E-state index is 0.0770. The van der Waals surface area contributed by atoms with Crippen molar-refractivity contribution in [2.24, 2.45) is 0 Å². The van der Waals surface area contributed by atoms with Crippen molar-refractivity contribution in [2.45, 2.75) is 6.18 Å². The molecular weight excluding hydrogens is 286 g/mol. The number of aromatic nitrogens is 1. The average molecular weight is 292 g/mol. The highest BCUT2D eigenvalue weighted by molar-refractivity contribution is 6.34. The summed E-state index contributed by atoms with van der Waals surface area (Å²) in [5, 5.41) is -0.534. The lowest BCUT2D eigenvalue weighted by Gasteiger charge is -2.14. The first-order valence-electron chi connectivity index (χ1n) is 4.88. The summed E-state index contributed by atoms with van der Waals surface area (Å²) in [6.07, 6.45) is -4.58. The lowest BCUT2D eigenvalue weighted by atomic mass is 10.1. The standard InChI is InChI=1S/C12H6Cl2F3N/c13-8-6-9(14)18-11(10(8)12(15,16)17)7-4-2-1-3-5-7/h1-6H. The van der Waals surface area contributed by atoms with E-state index in [4.69, 9.17) is 23.2 Å². The van der Waals surface area contributed by atoms with Crippen LogP contribution in [0.25, 0.3) is 11.3 Å². The van der Waals surface area contributed by atoms with Gasteiger partial charge in [0.2, 0.25) is 0 Å². The van der Waals surface area contributed by atoms with Crippen molar-refractivity contribution < 1.29 is 13.2 Å². The van der Waals surface area contributed by atoms with Crippen molar-refractivity contribution in [3.05, 3.63) is 52.1 Å². The molecule has 0 N–H and O–H groups in total. The second kappa shape index (κ2) is 4.78. The van der Waals surface area contributed by atoms with Crippen molar-refractivity contribution in [3.63, 3.8) is 0 Å². The van der Waals surface area contributed by atoms with Gasteiger partial charge in [-0.15, -0.1) is 0 Å². The first-order valence-corrected chi connectivity index (χ1v) is 5.64. The summed E-state index contributed by atoms with van der Waals surface area (Å²) >= 11 is 11.3. The molecule has 0 fully saturated rings. The van der Waals surface area contributed by atoms with Crippen molar-refractivity contribution in [2.75, 3.05) is 0 Å². The Labute approximate surface area is 111 Å². The smallest absolute Gasteiger partial charge is 0.235 e. The normalized spacial score (nSPS) is 11.6. The third-order valence-corrected chi connectivity index (χ3v) is 2.76. The van der Waals surface area contributed by atoms with Gasteiger partial charge in [-0.05, 0) is 6.07 Å². The number of hydrogen-bond donors (Lipinski definition) is 0. The van der Waals surface area contributed by atoms with Gasteiger partial charge in [0.1, 0.15) is 10.7 Å². The Morgan fingerprint density at radius 1 is 1.00 bits per heavy atom. The lowest BCUT2D eigenvalue weighted by Crippen LogP contribution is -2.09. The maximum Gasteiger partial charge on any atom is 0.419 e. The van der Waals surface area contributed by atoms with Crippen LogP contribution in [0.2, 0.25) is 10.2 Å². The number of benzene rings is 1. The molecule has 1 aromatic carbocycles. The van der Waals surface area contributed by atoms with E-state index in [2.05, 4.69) is 4.98 Å². The number of hydrogen-bond acceptors (Lipinski definition) is 1. The van der Waals surface area contributed by atoms with E-state index < -0.39 is 16.8 Å². The van der Waals surface area contributed by atoms with Gasteiger partial charge < -0.3 is 0 Å². The van der Waals surface area contributed by atoms with Gasteiger partial charge >= 0.3 is 6.18 Å². The van der Waals surface area contributed by atoms with Gasteiger partial charge in [0.05, 0.1) is 10.7 Å². The van der Waals surface area contributed by atoms with Gasteiger partial charge in [0.25, 0.3) is 0 Å². The lowest BCUT2D eigenvalue weighted by molar-refractivity contribution is -0.137. The summed E-state index contributed by atoms with van der Waals surface area (Å²) in [7, 11) is 0. The van der Waals surface area contributed by atoms with Gasteiger partial charge in [-0.25, -0.2) is 4.98 Å². The summed E-state index contributed by atoms with van der Waals surface area (Å²) in [5.41, 5.74) is -0.922. The zero-order chi connectivity index (χ0) is 13.3. The molecule has 2 aromatic rings. The molecule has 0 amide bonds. The van der Waals surface area contributed by atoms with E-state index in [1.807, 2.05) is 0 Å². The van der Waals surface area contributed by atoms with Gasteiger partial charge in [0.15, 0.2) is 0 Å². The SMILES string of the molecule is FC(F)(F)c1c(Cl)cc(Cl)nc1-c1ccccc1. The molecule has 1 heterocycles. The first-order chi connectivity index (χ1) is 8.39. The summed E-state index contributed by atoms with van der Waals surface area (Å²) in [4.78, 5) is 3.73. The number of halogens is 5. The third-order valence-electron chi connectivity index (χ3n) is 2.27. The van der Waals surface area contributed by atoms with Crippen LogP contribution in [0, 0.1) is 0 Å². The molecule has 0 saturated heterocycles. The zero-order valence-electron chi connectivity index (χ0n) is 8.80. The molecule has 0 radical (unpaired) electrons. The Morgan fingerprint density at radius 3 is 2.17 bits per heavy atom. The largest absolute Gasteiger partial charge is 0.419 e. The van der Waals surface area contributed by atoms with Crippen LogP contribution in [0.15, 0.2) is 36.4 Å². The molecule has 18 heavy (non-hydrogen) atoms. The molecule has 0 atom stereocenters. The molecular formula is C12H6Cl2F3N. The van der Waals surface area contributed by atoms with E-state index >= 15 is 0 Å². The van der Waals surface area contributed by atoms with Crippen LogP contribution in [0.5, 0.6) is 0 Å². The number of alkyl halides is 3. The molecule has 6 heteroatoms. The topological polar surface area (TPSA) is 12.9 Å². The number of pyridine rings is 1. The first kappa shape index (κ1) is 13.2. The molecule has 1 aromatic heterocycles. The van der Waals surface area contributed by atoms with Gasteiger partial charge in [-0.1, -0.05) is 53.5 Å². The highest BCUT2D eigenvalue weighted by Crippen LogP contribution is 2.41. The predicted octanol–water partition coefficient (Wildman–Crippen LogP) is 5.07. The van der Waals surface area contributed by atoms with Crippen molar-refractivity contribution in [1.82, 2.24) is 4.98 Å². The number of nitrogens with zero attached hydrogens (tertiary/aromatic N) is 1. The maximum atomic E-state index is 13.0. The molecule has 0 saturated carbocycles. The molecule has 0 bridgehead atoms. The van der Waals surface area contributed by atoms with Crippen LogP contribution in [0.1, 0.15) is 5.56 Å². The minimum Gasteiger partial charge on any atom is -0.235 e. The summed E-state index contributed by atoms with van der Waals surface area (Å²) < 4.78 is 38.9. The monoisotopic (exact) mass is 291 g/mol. The van der Waals surface area contributed by atoms with E-state index in [0.29, 0.717) is 5.56 Å². The molecule has 1 nitrogen and oxygen atoms in total. The third kappa shape index (κ3) is 2.60. The van der Waals surface area contributed by atoms with Crippen molar-refractivity contribution in [1.29, 1.82) is 0 Å². The van der Waals surface area contributed by atoms with Crippen LogP contribution >= 0.6 is 23.2 Å². The Morgan fingerprint density at radius 2 is 1.61 bits per heavy atom. The van der Waals surface area contributed by atoms with Gasteiger partial charge in [-0.3, -0.25) is 0 Å². The highest BCUT2D eigenvalue weighted by atomic mass is 35.5. The van der Waals surface area contributed by atoms with E-state index in [9.17, 15) is 13.2 Å². The Balaban J connectivity index is 2.74. The Hall–Kier alpha value is -1.26. The van der Waals surface area contributed by atoms with Crippen LogP contribution < -0.4 is 0 Å². The second-order valence-electron chi connectivity index (χ2n) is 3.51. The quantitative estimate of drug-likeness (QED) is 0.668. The van der Waals surface area contributed by atoms with E-state index in [1.54, 1.807) is 18.2 Å². The molecule has 0 aliphatic carbocycles. The molecule has 2 rings (SSSR count). The molecule has 94 valence electrons. The van der Waals surface area contributed by atoms with Gasteiger partial charge in [0, 0.05) is 5.56 Å². The minimum atomic E-state index is -4.58. The van der Waals surface area contributed by atoms with E-state index in [-0.39, 0.29) is 10.8 Å². The summed E-state index contributed by atoms with van der Waals surface area (Å²) in [6, 6.07) is 8.95. The van der Waals surface area contributed by atoms with E-state index in [1.165, 1.54) is 12.1 Å². The van der Waals surface area contributed by atoms with Crippen molar-refractivity contribution in [3.8, 4) is 11.3 Å². The Kier molecular flexibility index (Phi) is 3.50. The zero-order valence-corrected chi connectivity index (χ0v) is 10.3. The molecule has 0 spiro atoms. The Bertz CT molecular complexity index is 568. The second-order valence-corrected chi connectivity index (χ2v) is 4.31. The predicted molar refractivity (Wildman–Crippen MR) is 64.7 cm³/mol. The fourth-order valence-electron chi connectivity index (χ4n) is 1.56. The van der Waals surface area contributed by atoms with Crippen LogP contribution in [0.3, 0.4) is 0 Å². The number of rotatable bonds is 1. The van der Waals surface area contributed by atoms with Crippen LogP contribution in [-0.2, 0) is 6.18 Å². The molecule has 0 aliphatic heterocycles. The summed E-state index contributed by atoms with van der Waals surface area (Å²) in [5.74, 6) is 0. The molecule has 0 unspecified atom stereocenters. The highest BCUT2D eigenvalue weighted by Gasteiger charge is 2.37. The maximum absolute atomic E-state index is 13.0. The fourth-order valence-corrected chi connectivity index (χ4v) is 2.11. The summed E-state index contributed by atoms with van der Waals surface area (Å²) in [6.45, 7) is 0. The van der Waals surface area contributed by atoms with Crippen LogP contribution in [0.4, 0.5) is 13.2 Å². The average Bonchev–Trinajstić information content (AvgIpc) is 2.27. The van der Waals surface area contributed by atoms with Crippen LogP contribution in [-0.4, -0.2) is 4.98 Å². The molecule has 0 aliphatic rings. The fraction of sp³-hybridized carbons (Fsp3) is 0.0833. The van der Waals surface area contributed by atoms with Crippen molar-refractivity contribution >= 4 is 23.2 Å². The van der Waals surface area contributed by atoms with Gasteiger partial charge in [-0.2, -0.15) is 13.2 Å².